The molecule has 1 heterocycles. The highest BCUT2D eigenvalue weighted by atomic mass is 32.2. The van der Waals surface area contributed by atoms with Gasteiger partial charge in [0.25, 0.3) is 0 Å². The summed E-state index contributed by atoms with van der Waals surface area (Å²) < 4.78 is 42.2. The predicted molar refractivity (Wildman–Crippen MR) is 119 cm³/mol. The number of nitro benzene ring substituents is 1. The summed E-state index contributed by atoms with van der Waals surface area (Å²) in [6.45, 7) is 1.62. The van der Waals surface area contributed by atoms with Crippen LogP contribution in [0.2, 0.25) is 0 Å². The van der Waals surface area contributed by atoms with Gasteiger partial charge in [-0.1, -0.05) is 0 Å². The van der Waals surface area contributed by atoms with Gasteiger partial charge in [-0.05, 0) is 37.4 Å². The Balaban J connectivity index is 1.99. The highest BCUT2D eigenvalue weighted by Crippen LogP contribution is 2.35. The van der Waals surface area contributed by atoms with Crippen LogP contribution in [0.15, 0.2) is 41.3 Å². The fourth-order valence-electron chi connectivity index (χ4n) is 3.32. The molecule has 12 nitrogen and oxygen atoms in total. The summed E-state index contributed by atoms with van der Waals surface area (Å²) >= 11 is 0. The molecule has 0 N–H and O–H groups in total. The molecule has 0 aromatic heterocycles. The average molecular weight is 493 g/mol. The molecule has 0 atom stereocenters. The largest absolute Gasteiger partial charge is 0.465 e. The van der Waals surface area contributed by atoms with Crippen LogP contribution in [-0.4, -0.2) is 81.9 Å². The first-order valence-electron chi connectivity index (χ1n) is 10.0. The van der Waals surface area contributed by atoms with Crippen LogP contribution in [0.4, 0.5) is 5.69 Å². The molecule has 0 spiro atoms. The van der Waals surface area contributed by atoms with Gasteiger partial charge in [0.1, 0.15) is 5.75 Å². The van der Waals surface area contributed by atoms with Crippen molar-refractivity contribution in [3.63, 3.8) is 0 Å². The lowest BCUT2D eigenvalue weighted by Gasteiger charge is -2.31. The van der Waals surface area contributed by atoms with Crippen molar-refractivity contribution in [2.24, 2.45) is 0 Å². The molecule has 1 saturated heterocycles. The van der Waals surface area contributed by atoms with E-state index in [2.05, 4.69) is 9.47 Å². The number of hydrogen-bond acceptors (Lipinski definition) is 10. The lowest BCUT2D eigenvalue weighted by Crippen LogP contribution is -2.47. The van der Waals surface area contributed by atoms with E-state index in [1.807, 2.05) is 11.9 Å². The van der Waals surface area contributed by atoms with E-state index >= 15 is 0 Å². The number of benzene rings is 2. The normalized spacial score (nSPS) is 14.9. The van der Waals surface area contributed by atoms with E-state index in [0.717, 1.165) is 26.4 Å². The highest BCUT2D eigenvalue weighted by Gasteiger charge is 2.30. The third-order valence-corrected chi connectivity index (χ3v) is 7.10. The number of esters is 2. The van der Waals surface area contributed by atoms with Crippen molar-refractivity contribution in [2.45, 2.75) is 4.90 Å². The average Bonchev–Trinajstić information content (AvgIpc) is 2.83. The maximum Gasteiger partial charge on any atom is 0.338 e. The number of hydrogen-bond donors (Lipinski definition) is 0. The van der Waals surface area contributed by atoms with Gasteiger partial charge in [0, 0.05) is 32.2 Å². The van der Waals surface area contributed by atoms with Crippen molar-refractivity contribution in [3.8, 4) is 11.5 Å². The highest BCUT2D eigenvalue weighted by molar-refractivity contribution is 7.89. The number of methoxy groups -OCH3 is 2. The minimum Gasteiger partial charge on any atom is -0.465 e. The Labute approximate surface area is 195 Å². The monoisotopic (exact) mass is 493 g/mol. The number of nitro groups is 1. The molecule has 3 rings (SSSR count). The second-order valence-corrected chi connectivity index (χ2v) is 9.36. The zero-order valence-corrected chi connectivity index (χ0v) is 19.5. The van der Waals surface area contributed by atoms with Gasteiger partial charge in [0.2, 0.25) is 15.8 Å². The summed E-state index contributed by atoms with van der Waals surface area (Å²) in [5.41, 5.74) is -0.687. The number of ether oxygens (including phenoxy) is 3. The summed E-state index contributed by atoms with van der Waals surface area (Å²) in [4.78, 5) is 36.6. The molecule has 1 fully saturated rings. The first-order valence-corrected chi connectivity index (χ1v) is 11.5. The Hall–Kier alpha value is -3.55. The molecule has 0 bridgehead atoms. The number of carbonyl (C=O) groups is 2. The molecule has 0 aliphatic carbocycles. The minimum atomic E-state index is -3.95. The number of piperazine rings is 1. The molecule has 34 heavy (non-hydrogen) atoms. The fraction of sp³-hybridized carbons (Fsp3) is 0.333. The molecule has 1 aliphatic heterocycles. The van der Waals surface area contributed by atoms with Crippen LogP contribution in [0.25, 0.3) is 0 Å². The maximum absolute atomic E-state index is 13.0. The minimum absolute atomic E-state index is 0.0442. The van der Waals surface area contributed by atoms with Gasteiger partial charge in [0.05, 0.1) is 35.2 Å². The van der Waals surface area contributed by atoms with Crippen molar-refractivity contribution < 1.29 is 37.1 Å². The van der Waals surface area contributed by atoms with E-state index in [1.54, 1.807) is 0 Å². The summed E-state index contributed by atoms with van der Waals surface area (Å²) in [6, 6.07) is 6.98. The van der Waals surface area contributed by atoms with Gasteiger partial charge in [-0.3, -0.25) is 10.1 Å². The van der Waals surface area contributed by atoms with Crippen LogP contribution in [0.3, 0.4) is 0 Å². The molecule has 0 amide bonds. The van der Waals surface area contributed by atoms with Gasteiger partial charge in [-0.25, -0.2) is 18.0 Å². The summed E-state index contributed by atoms with van der Waals surface area (Å²) in [5, 5.41) is 11.7. The van der Waals surface area contributed by atoms with Crippen LogP contribution >= 0.6 is 0 Å². The van der Waals surface area contributed by atoms with Crippen LogP contribution in [0, 0.1) is 10.1 Å². The molecule has 0 unspecified atom stereocenters. The fourth-order valence-corrected chi connectivity index (χ4v) is 4.76. The van der Waals surface area contributed by atoms with Crippen LogP contribution < -0.4 is 4.74 Å². The quantitative estimate of drug-likeness (QED) is 0.318. The SMILES string of the molecule is COC(=O)c1cc(Oc2ccc(S(=O)(=O)N3CCN(C)CC3)cc2[N+](=O)[O-])cc(C(=O)OC)c1. The number of sulfonamides is 1. The van der Waals surface area contributed by atoms with Gasteiger partial charge < -0.3 is 19.1 Å². The predicted octanol–water partition coefficient (Wildman–Crippen LogP) is 1.90. The van der Waals surface area contributed by atoms with E-state index in [1.165, 1.54) is 28.6 Å². The van der Waals surface area contributed by atoms with Crippen LogP contribution in [0.1, 0.15) is 20.7 Å². The second-order valence-electron chi connectivity index (χ2n) is 7.43. The van der Waals surface area contributed by atoms with E-state index in [0.29, 0.717) is 13.1 Å². The molecule has 2 aromatic carbocycles. The van der Waals surface area contributed by atoms with E-state index in [-0.39, 0.29) is 40.6 Å². The topological polar surface area (TPSA) is 146 Å². The Morgan fingerprint density at radius 1 is 0.941 bits per heavy atom. The Kier molecular flexibility index (Phi) is 7.49. The van der Waals surface area contributed by atoms with Gasteiger partial charge in [-0.2, -0.15) is 4.31 Å². The number of carbonyl (C=O) groups excluding carboxylic acids is 2. The first kappa shape index (κ1) is 25.1. The van der Waals surface area contributed by atoms with E-state index in [9.17, 15) is 28.1 Å². The molecule has 0 saturated carbocycles. The molecule has 2 aromatic rings. The van der Waals surface area contributed by atoms with Crippen molar-refractivity contribution in [1.29, 1.82) is 0 Å². The Morgan fingerprint density at radius 3 is 2.00 bits per heavy atom. The van der Waals surface area contributed by atoms with E-state index < -0.39 is 32.6 Å². The molecule has 182 valence electrons. The van der Waals surface area contributed by atoms with Gasteiger partial charge in [0.15, 0.2) is 0 Å². The van der Waals surface area contributed by atoms with Gasteiger partial charge >= 0.3 is 17.6 Å². The summed E-state index contributed by atoms with van der Waals surface area (Å²) in [6.07, 6.45) is 0. The lowest BCUT2D eigenvalue weighted by molar-refractivity contribution is -0.385. The zero-order valence-electron chi connectivity index (χ0n) is 18.7. The zero-order chi connectivity index (χ0) is 25.0. The van der Waals surface area contributed by atoms with Crippen molar-refractivity contribution >= 4 is 27.6 Å². The number of nitrogens with zero attached hydrogens (tertiary/aromatic N) is 3. The van der Waals surface area contributed by atoms with Crippen molar-refractivity contribution in [3.05, 3.63) is 57.6 Å². The molecular formula is C21H23N3O9S. The smallest absolute Gasteiger partial charge is 0.338 e. The Bertz CT molecular complexity index is 1190. The number of rotatable bonds is 7. The van der Waals surface area contributed by atoms with Crippen molar-refractivity contribution in [2.75, 3.05) is 47.4 Å². The molecule has 13 heteroatoms. The molecule has 1 aliphatic rings. The third-order valence-electron chi connectivity index (χ3n) is 5.20. The van der Waals surface area contributed by atoms with Crippen LogP contribution in [0.5, 0.6) is 11.5 Å². The summed E-state index contributed by atoms with van der Waals surface area (Å²) in [5.74, 6) is -1.89. The number of likely N-dealkylation sites (N-methyl/N-ethyl adjacent to an activating group) is 1. The lowest BCUT2D eigenvalue weighted by atomic mass is 10.1. The molecular weight excluding hydrogens is 470 g/mol. The van der Waals surface area contributed by atoms with Gasteiger partial charge in [-0.15, -0.1) is 0 Å². The summed E-state index contributed by atoms with van der Waals surface area (Å²) in [7, 11) is 0.229. The Morgan fingerprint density at radius 2 is 1.50 bits per heavy atom. The van der Waals surface area contributed by atoms with E-state index in [4.69, 9.17) is 4.74 Å². The van der Waals surface area contributed by atoms with Crippen LogP contribution in [-0.2, 0) is 19.5 Å². The third kappa shape index (κ3) is 5.32. The first-order chi connectivity index (χ1) is 16.1. The second kappa shape index (κ2) is 10.2. The standard InChI is InChI=1S/C21H23N3O9S/c1-22-6-8-23(9-7-22)34(29,30)17-4-5-19(18(13-17)24(27)28)33-16-11-14(20(25)31-2)10-15(12-16)21(26)32-3/h4-5,10-13H,6-9H2,1-3H3. The maximum atomic E-state index is 13.0. The molecule has 0 radical (unpaired) electrons. The van der Waals surface area contributed by atoms with Crippen molar-refractivity contribution in [1.82, 2.24) is 9.21 Å².